The highest BCUT2D eigenvalue weighted by molar-refractivity contribution is 7.10. The molecular weight excluding hydrogens is 268 g/mol. The Balaban J connectivity index is 1.81. The number of hydrogen-bond donors (Lipinski definition) is 2. The van der Waals surface area contributed by atoms with Crippen LogP contribution in [0.25, 0.3) is 10.8 Å². The van der Waals surface area contributed by atoms with Crippen LogP contribution >= 0.6 is 11.3 Å². The molecule has 0 radical (unpaired) electrons. The second-order valence-electron chi connectivity index (χ2n) is 4.83. The van der Waals surface area contributed by atoms with Crippen LogP contribution in [0.15, 0.2) is 53.9 Å². The lowest BCUT2D eigenvalue weighted by Gasteiger charge is -2.26. The van der Waals surface area contributed by atoms with E-state index in [1.54, 1.807) is 11.3 Å². The fourth-order valence-electron chi connectivity index (χ4n) is 2.54. The number of anilines is 2. The monoisotopic (exact) mass is 280 g/mol. The van der Waals surface area contributed by atoms with Gasteiger partial charge < -0.3 is 10.6 Å². The molecule has 0 saturated carbocycles. The SMILES string of the molecule is O=C1Nc2cc3ccccc3cc2NC1c1cccs1. The van der Waals surface area contributed by atoms with Gasteiger partial charge >= 0.3 is 0 Å². The van der Waals surface area contributed by atoms with E-state index in [1.165, 1.54) is 5.39 Å². The van der Waals surface area contributed by atoms with Crippen molar-refractivity contribution >= 4 is 39.4 Å². The minimum absolute atomic E-state index is 0.00442. The molecule has 2 aromatic carbocycles. The first-order chi connectivity index (χ1) is 9.81. The fraction of sp³-hybridized carbons (Fsp3) is 0.0625. The van der Waals surface area contributed by atoms with Crippen LogP contribution < -0.4 is 10.6 Å². The predicted molar refractivity (Wildman–Crippen MR) is 83.3 cm³/mol. The fourth-order valence-corrected chi connectivity index (χ4v) is 3.32. The molecule has 4 heteroatoms. The zero-order chi connectivity index (χ0) is 13.5. The lowest BCUT2D eigenvalue weighted by molar-refractivity contribution is -0.117. The molecule has 2 heterocycles. The van der Waals surface area contributed by atoms with E-state index < -0.39 is 0 Å². The first-order valence-corrected chi connectivity index (χ1v) is 7.33. The molecule has 0 spiro atoms. The Morgan fingerprint density at radius 3 is 2.40 bits per heavy atom. The quantitative estimate of drug-likeness (QED) is 0.707. The van der Waals surface area contributed by atoms with Gasteiger partial charge in [-0.2, -0.15) is 0 Å². The summed E-state index contributed by atoms with van der Waals surface area (Å²) in [6, 6.07) is 15.9. The number of carbonyl (C=O) groups is 1. The second kappa shape index (κ2) is 4.35. The van der Waals surface area contributed by atoms with Crippen molar-refractivity contribution in [3.05, 3.63) is 58.8 Å². The highest BCUT2D eigenvalue weighted by Gasteiger charge is 2.27. The lowest BCUT2D eigenvalue weighted by atomic mass is 10.0. The van der Waals surface area contributed by atoms with Crippen molar-refractivity contribution < 1.29 is 4.79 Å². The molecule has 20 heavy (non-hydrogen) atoms. The largest absolute Gasteiger partial charge is 0.368 e. The normalized spacial score (nSPS) is 17.4. The van der Waals surface area contributed by atoms with Crippen molar-refractivity contribution in [1.82, 2.24) is 0 Å². The van der Waals surface area contributed by atoms with E-state index in [2.05, 4.69) is 22.8 Å². The first-order valence-electron chi connectivity index (χ1n) is 6.45. The number of amides is 1. The van der Waals surface area contributed by atoms with E-state index in [-0.39, 0.29) is 11.9 Å². The molecule has 0 aliphatic carbocycles. The first kappa shape index (κ1) is 11.5. The van der Waals surface area contributed by atoms with Crippen LogP contribution in [0.3, 0.4) is 0 Å². The molecule has 1 aliphatic heterocycles. The number of hydrogen-bond acceptors (Lipinski definition) is 3. The average molecular weight is 280 g/mol. The van der Waals surface area contributed by atoms with Gasteiger partial charge in [0.15, 0.2) is 0 Å². The minimum atomic E-state index is -0.302. The van der Waals surface area contributed by atoms with Gasteiger partial charge in [0, 0.05) is 4.88 Å². The second-order valence-corrected chi connectivity index (χ2v) is 5.81. The minimum Gasteiger partial charge on any atom is -0.368 e. The van der Waals surface area contributed by atoms with Gasteiger partial charge in [0.1, 0.15) is 6.04 Å². The van der Waals surface area contributed by atoms with Gasteiger partial charge in [-0.25, -0.2) is 0 Å². The lowest BCUT2D eigenvalue weighted by Crippen LogP contribution is -2.31. The molecule has 0 bridgehead atoms. The molecule has 98 valence electrons. The Hall–Kier alpha value is -2.33. The maximum Gasteiger partial charge on any atom is 0.252 e. The molecule has 1 aliphatic rings. The molecule has 0 saturated heterocycles. The summed E-state index contributed by atoms with van der Waals surface area (Å²) in [4.78, 5) is 13.3. The van der Waals surface area contributed by atoms with Crippen molar-refractivity contribution in [2.75, 3.05) is 10.6 Å². The van der Waals surface area contributed by atoms with Crippen LogP contribution in [0.4, 0.5) is 11.4 Å². The average Bonchev–Trinajstić information content (AvgIpc) is 2.98. The summed E-state index contributed by atoms with van der Waals surface area (Å²) >= 11 is 1.59. The topological polar surface area (TPSA) is 41.1 Å². The maximum absolute atomic E-state index is 12.2. The maximum atomic E-state index is 12.2. The van der Waals surface area contributed by atoms with Gasteiger partial charge in [-0.05, 0) is 34.4 Å². The van der Waals surface area contributed by atoms with E-state index in [0.717, 1.165) is 21.6 Å². The molecule has 3 aromatic rings. The number of benzene rings is 2. The van der Waals surface area contributed by atoms with Crippen LogP contribution in [-0.4, -0.2) is 5.91 Å². The number of rotatable bonds is 1. The third-order valence-corrected chi connectivity index (χ3v) is 4.47. The molecule has 4 rings (SSSR count). The van der Waals surface area contributed by atoms with Gasteiger partial charge in [-0.15, -0.1) is 11.3 Å². The summed E-state index contributed by atoms with van der Waals surface area (Å²) in [7, 11) is 0. The molecule has 0 fully saturated rings. The van der Waals surface area contributed by atoms with Gasteiger partial charge in [0.2, 0.25) is 0 Å². The molecule has 1 atom stereocenters. The number of thiophene rings is 1. The summed E-state index contributed by atoms with van der Waals surface area (Å²) in [5, 5.41) is 10.6. The van der Waals surface area contributed by atoms with Crippen molar-refractivity contribution in [2.24, 2.45) is 0 Å². The molecule has 1 unspecified atom stereocenters. The Labute approximate surface area is 120 Å². The number of carbonyl (C=O) groups excluding carboxylic acids is 1. The predicted octanol–water partition coefficient (Wildman–Crippen LogP) is 4.01. The summed E-state index contributed by atoms with van der Waals surface area (Å²) in [5.74, 6) is -0.00442. The van der Waals surface area contributed by atoms with E-state index in [0.29, 0.717) is 0 Å². The number of fused-ring (bicyclic) bond motifs is 2. The van der Waals surface area contributed by atoms with Crippen molar-refractivity contribution in [2.45, 2.75) is 6.04 Å². The van der Waals surface area contributed by atoms with Crippen LogP contribution in [0.1, 0.15) is 10.9 Å². The standard InChI is InChI=1S/C16H12N2OS/c19-16-15(14-6-3-7-20-14)17-12-8-10-4-1-2-5-11(10)9-13(12)18-16/h1-9,15,17H,(H,18,19). The summed E-state index contributed by atoms with van der Waals surface area (Å²) < 4.78 is 0. The van der Waals surface area contributed by atoms with E-state index in [9.17, 15) is 4.79 Å². The smallest absolute Gasteiger partial charge is 0.252 e. The molecule has 3 nitrogen and oxygen atoms in total. The Bertz CT molecular complexity index is 795. The summed E-state index contributed by atoms with van der Waals surface area (Å²) in [6.45, 7) is 0. The van der Waals surface area contributed by atoms with Crippen molar-refractivity contribution in [3.8, 4) is 0 Å². The zero-order valence-corrected chi connectivity index (χ0v) is 11.4. The third kappa shape index (κ3) is 1.77. The van der Waals surface area contributed by atoms with Gasteiger partial charge in [-0.3, -0.25) is 4.79 Å². The Morgan fingerprint density at radius 2 is 1.70 bits per heavy atom. The molecule has 2 N–H and O–H groups in total. The molecule has 1 aromatic heterocycles. The Morgan fingerprint density at radius 1 is 0.950 bits per heavy atom. The Kier molecular flexibility index (Phi) is 2.50. The number of nitrogens with one attached hydrogen (secondary N) is 2. The molecule has 1 amide bonds. The van der Waals surface area contributed by atoms with Gasteiger partial charge in [-0.1, -0.05) is 30.3 Å². The van der Waals surface area contributed by atoms with E-state index in [4.69, 9.17) is 0 Å². The van der Waals surface area contributed by atoms with Crippen LogP contribution in [0, 0.1) is 0 Å². The highest BCUT2D eigenvalue weighted by atomic mass is 32.1. The van der Waals surface area contributed by atoms with Crippen molar-refractivity contribution in [3.63, 3.8) is 0 Å². The van der Waals surface area contributed by atoms with E-state index >= 15 is 0 Å². The van der Waals surface area contributed by atoms with Crippen LogP contribution in [-0.2, 0) is 4.79 Å². The van der Waals surface area contributed by atoms with Crippen molar-refractivity contribution in [1.29, 1.82) is 0 Å². The van der Waals surface area contributed by atoms with Crippen LogP contribution in [0.2, 0.25) is 0 Å². The van der Waals surface area contributed by atoms with Crippen LogP contribution in [0.5, 0.6) is 0 Å². The summed E-state index contributed by atoms with van der Waals surface area (Å²) in [6.07, 6.45) is 0. The summed E-state index contributed by atoms with van der Waals surface area (Å²) in [5.41, 5.74) is 1.82. The highest BCUT2D eigenvalue weighted by Crippen LogP contribution is 2.36. The van der Waals surface area contributed by atoms with E-state index in [1.807, 2.05) is 41.8 Å². The zero-order valence-electron chi connectivity index (χ0n) is 10.6. The van der Waals surface area contributed by atoms with Gasteiger partial charge in [0.05, 0.1) is 11.4 Å². The molecular formula is C16H12N2OS. The third-order valence-electron chi connectivity index (χ3n) is 3.53. The van der Waals surface area contributed by atoms with Gasteiger partial charge in [0.25, 0.3) is 5.91 Å².